The van der Waals surface area contributed by atoms with E-state index in [0.717, 1.165) is 48.0 Å². The van der Waals surface area contributed by atoms with E-state index in [1.165, 1.54) is 11.3 Å². The summed E-state index contributed by atoms with van der Waals surface area (Å²) in [6.07, 6.45) is 4.90. The van der Waals surface area contributed by atoms with Gasteiger partial charge in [-0.05, 0) is 49.6 Å². The van der Waals surface area contributed by atoms with E-state index in [2.05, 4.69) is 15.5 Å². The van der Waals surface area contributed by atoms with Crippen molar-refractivity contribution < 1.29 is 9.47 Å². The number of aromatic nitrogens is 1. The number of nitrogens with zero attached hydrogens (tertiary/aromatic N) is 2. The molecular weight excluding hydrogens is 298 g/mol. The van der Waals surface area contributed by atoms with Crippen LogP contribution in [0.5, 0.6) is 5.75 Å². The van der Waals surface area contributed by atoms with E-state index in [-0.39, 0.29) is 6.29 Å². The quantitative estimate of drug-likeness (QED) is 0.673. The van der Waals surface area contributed by atoms with Crippen molar-refractivity contribution in [1.82, 2.24) is 4.98 Å². The van der Waals surface area contributed by atoms with Crippen LogP contribution in [0.25, 0.3) is 0 Å². The molecule has 0 saturated carbocycles. The molecule has 116 valence electrons. The monoisotopic (exact) mass is 317 g/mol. The topological polar surface area (TPSA) is 55.7 Å². The third-order valence-electron chi connectivity index (χ3n) is 3.28. The van der Waals surface area contributed by atoms with Gasteiger partial charge in [0, 0.05) is 11.8 Å². The number of anilines is 1. The average Bonchev–Trinajstić information content (AvgIpc) is 2.96. The minimum absolute atomic E-state index is 0.108. The Balaban J connectivity index is 1.52. The largest absolute Gasteiger partial charge is 0.465 e. The van der Waals surface area contributed by atoms with Gasteiger partial charge in [0.25, 0.3) is 0 Å². The van der Waals surface area contributed by atoms with Crippen LogP contribution in [0.2, 0.25) is 0 Å². The van der Waals surface area contributed by atoms with Gasteiger partial charge in [0.15, 0.2) is 6.29 Å². The van der Waals surface area contributed by atoms with E-state index < -0.39 is 0 Å². The van der Waals surface area contributed by atoms with E-state index >= 15 is 0 Å². The second-order valence-corrected chi connectivity index (χ2v) is 6.01. The Morgan fingerprint density at radius 3 is 2.91 bits per heavy atom. The van der Waals surface area contributed by atoms with Gasteiger partial charge in [0.1, 0.15) is 5.75 Å². The Kier molecular flexibility index (Phi) is 5.03. The van der Waals surface area contributed by atoms with Gasteiger partial charge in [-0.15, -0.1) is 11.3 Å². The van der Waals surface area contributed by atoms with Gasteiger partial charge in [-0.25, -0.2) is 4.98 Å². The highest BCUT2D eigenvalue weighted by atomic mass is 32.1. The van der Waals surface area contributed by atoms with Crippen LogP contribution in [0.3, 0.4) is 0 Å². The summed E-state index contributed by atoms with van der Waals surface area (Å²) in [5.74, 6) is 0.826. The second-order valence-electron chi connectivity index (χ2n) is 5.15. The first kappa shape index (κ1) is 15.0. The highest BCUT2D eigenvalue weighted by molar-refractivity contribution is 7.13. The first-order valence-corrected chi connectivity index (χ1v) is 8.27. The SMILES string of the molecule is Cc1csc(NN=Cc2ccc(OC3CCCCO3)cc2)n1. The summed E-state index contributed by atoms with van der Waals surface area (Å²) in [7, 11) is 0. The number of nitrogens with one attached hydrogen (secondary N) is 1. The number of ether oxygens (including phenoxy) is 2. The summed E-state index contributed by atoms with van der Waals surface area (Å²) in [5.41, 5.74) is 4.91. The molecule has 1 unspecified atom stereocenters. The molecule has 1 fully saturated rings. The molecular formula is C16H19N3O2S. The Labute approximate surface area is 134 Å². The van der Waals surface area contributed by atoms with Crippen LogP contribution < -0.4 is 10.2 Å². The van der Waals surface area contributed by atoms with Gasteiger partial charge in [0.2, 0.25) is 5.13 Å². The van der Waals surface area contributed by atoms with Gasteiger partial charge < -0.3 is 9.47 Å². The molecule has 3 rings (SSSR count). The summed E-state index contributed by atoms with van der Waals surface area (Å²) in [4.78, 5) is 4.28. The highest BCUT2D eigenvalue weighted by Crippen LogP contribution is 2.19. The molecule has 1 aromatic carbocycles. The molecule has 5 nitrogen and oxygen atoms in total. The summed E-state index contributed by atoms with van der Waals surface area (Å²) < 4.78 is 11.4. The smallest absolute Gasteiger partial charge is 0.203 e. The van der Waals surface area contributed by atoms with Gasteiger partial charge in [-0.3, -0.25) is 5.43 Å². The van der Waals surface area contributed by atoms with E-state index in [0.29, 0.717) is 0 Å². The summed E-state index contributed by atoms with van der Waals surface area (Å²) in [5, 5.41) is 6.96. The molecule has 1 aliphatic heterocycles. The summed E-state index contributed by atoms with van der Waals surface area (Å²) in [6, 6.07) is 7.81. The van der Waals surface area contributed by atoms with Crippen LogP contribution in [-0.4, -0.2) is 24.1 Å². The number of thiazole rings is 1. The summed E-state index contributed by atoms with van der Waals surface area (Å²) >= 11 is 1.54. The van der Waals surface area contributed by atoms with E-state index in [1.54, 1.807) is 6.21 Å². The molecule has 0 amide bonds. The van der Waals surface area contributed by atoms with Gasteiger partial charge in [-0.2, -0.15) is 5.10 Å². The van der Waals surface area contributed by atoms with Crippen LogP contribution in [0.1, 0.15) is 30.5 Å². The van der Waals surface area contributed by atoms with Gasteiger partial charge in [-0.1, -0.05) is 0 Å². The second kappa shape index (κ2) is 7.38. The fraction of sp³-hybridized carbons (Fsp3) is 0.375. The van der Waals surface area contributed by atoms with Crippen molar-refractivity contribution in [2.75, 3.05) is 12.0 Å². The first-order valence-electron chi connectivity index (χ1n) is 7.39. The molecule has 1 N–H and O–H groups in total. The number of hydrazone groups is 1. The van der Waals surface area contributed by atoms with Crippen LogP contribution in [0, 0.1) is 6.92 Å². The molecule has 0 spiro atoms. The number of rotatable bonds is 5. The molecule has 6 heteroatoms. The zero-order valence-electron chi connectivity index (χ0n) is 12.5. The van der Waals surface area contributed by atoms with Crippen molar-refractivity contribution in [2.45, 2.75) is 32.5 Å². The lowest BCUT2D eigenvalue weighted by molar-refractivity contribution is -0.105. The lowest BCUT2D eigenvalue weighted by atomic mass is 10.2. The third kappa shape index (κ3) is 4.29. The number of benzene rings is 1. The maximum Gasteiger partial charge on any atom is 0.203 e. The fourth-order valence-corrected chi connectivity index (χ4v) is 2.79. The lowest BCUT2D eigenvalue weighted by Gasteiger charge is -2.23. The van der Waals surface area contributed by atoms with Crippen LogP contribution >= 0.6 is 11.3 Å². The molecule has 0 bridgehead atoms. The van der Waals surface area contributed by atoms with Crippen molar-refractivity contribution in [3.05, 3.63) is 40.9 Å². The fourth-order valence-electron chi connectivity index (χ4n) is 2.16. The van der Waals surface area contributed by atoms with E-state index in [4.69, 9.17) is 9.47 Å². The predicted octanol–water partition coefficient (Wildman–Crippen LogP) is 3.80. The van der Waals surface area contributed by atoms with E-state index in [9.17, 15) is 0 Å². The van der Waals surface area contributed by atoms with Gasteiger partial charge in [0.05, 0.1) is 18.5 Å². The zero-order chi connectivity index (χ0) is 15.2. The molecule has 1 aromatic heterocycles. The molecule has 1 atom stereocenters. The minimum atomic E-state index is -0.108. The van der Waals surface area contributed by atoms with Crippen molar-refractivity contribution in [2.24, 2.45) is 5.10 Å². The molecule has 2 aromatic rings. The van der Waals surface area contributed by atoms with Crippen molar-refractivity contribution in [3.8, 4) is 5.75 Å². The Morgan fingerprint density at radius 1 is 1.36 bits per heavy atom. The normalized spacial score (nSPS) is 18.5. The summed E-state index contributed by atoms with van der Waals surface area (Å²) in [6.45, 7) is 2.75. The third-order valence-corrected chi connectivity index (χ3v) is 4.14. The number of hydrogen-bond donors (Lipinski definition) is 1. The van der Waals surface area contributed by atoms with Crippen LogP contribution in [0.4, 0.5) is 5.13 Å². The molecule has 1 saturated heterocycles. The molecule has 0 radical (unpaired) electrons. The Hall–Kier alpha value is -1.92. The highest BCUT2D eigenvalue weighted by Gasteiger charge is 2.14. The van der Waals surface area contributed by atoms with Crippen molar-refractivity contribution in [1.29, 1.82) is 0 Å². The molecule has 0 aliphatic carbocycles. The lowest BCUT2D eigenvalue weighted by Crippen LogP contribution is -2.24. The average molecular weight is 317 g/mol. The Morgan fingerprint density at radius 2 is 2.23 bits per heavy atom. The standard InChI is InChI=1S/C16H19N3O2S/c1-12-11-22-16(18-12)19-17-10-13-5-7-14(8-6-13)21-15-4-2-3-9-20-15/h5-8,10-11,15H,2-4,9H2,1H3,(H,18,19). The maximum atomic E-state index is 5.80. The Bertz CT molecular complexity index is 619. The van der Waals surface area contributed by atoms with Gasteiger partial charge >= 0.3 is 0 Å². The zero-order valence-corrected chi connectivity index (χ0v) is 13.3. The number of hydrogen-bond acceptors (Lipinski definition) is 6. The van der Waals surface area contributed by atoms with Crippen molar-refractivity contribution in [3.63, 3.8) is 0 Å². The van der Waals surface area contributed by atoms with Crippen LogP contribution in [0.15, 0.2) is 34.7 Å². The maximum absolute atomic E-state index is 5.80. The predicted molar refractivity (Wildman–Crippen MR) is 88.7 cm³/mol. The van der Waals surface area contributed by atoms with Crippen molar-refractivity contribution >= 4 is 22.7 Å². The molecule has 22 heavy (non-hydrogen) atoms. The minimum Gasteiger partial charge on any atom is -0.465 e. The molecule has 1 aliphatic rings. The van der Waals surface area contributed by atoms with Crippen LogP contribution in [-0.2, 0) is 4.74 Å². The first-order chi connectivity index (χ1) is 10.8. The van der Waals surface area contributed by atoms with E-state index in [1.807, 2.05) is 36.6 Å². The number of aryl methyl sites for hydroxylation is 1. The molecule has 2 heterocycles.